The lowest BCUT2D eigenvalue weighted by atomic mass is 10.0. The van der Waals surface area contributed by atoms with Crippen LogP contribution in [0, 0.1) is 17.1 Å². The van der Waals surface area contributed by atoms with Crippen LogP contribution < -0.4 is 10.1 Å². The summed E-state index contributed by atoms with van der Waals surface area (Å²) in [6.07, 6.45) is 7.44. The van der Waals surface area contributed by atoms with Crippen LogP contribution in [0.4, 0.5) is 10.3 Å². The quantitative estimate of drug-likeness (QED) is 0.579. The van der Waals surface area contributed by atoms with Crippen LogP contribution >= 0.6 is 0 Å². The molecule has 0 fully saturated rings. The molecule has 0 bridgehead atoms. The molecule has 4 heterocycles. The first-order chi connectivity index (χ1) is 14.2. The monoisotopic (exact) mass is 386 g/mol. The van der Waals surface area contributed by atoms with Crippen molar-refractivity contribution in [3.05, 3.63) is 71.8 Å². The highest BCUT2D eigenvalue weighted by Gasteiger charge is 2.20. The van der Waals surface area contributed by atoms with Crippen LogP contribution in [0.3, 0.4) is 0 Å². The summed E-state index contributed by atoms with van der Waals surface area (Å²) in [6, 6.07) is 8.60. The van der Waals surface area contributed by atoms with E-state index in [0.29, 0.717) is 30.2 Å². The highest BCUT2D eigenvalue weighted by atomic mass is 19.1. The number of anilines is 1. The number of nitriles is 1. The number of halogens is 1. The molecule has 0 amide bonds. The van der Waals surface area contributed by atoms with E-state index in [1.54, 1.807) is 37.1 Å². The summed E-state index contributed by atoms with van der Waals surface area (Å²) in [5.74, 6) is 1.04. The van der Waals surface area contributed by atoms with Crippen molar-refractivity contribution < 1.29 is 9.13 Å². The Kier molecular flexibility index (Phi) is 4.06. The Bertz CT molecular complexity index is 1260. The number of imidazole rings is 1. The van der Waals surface area contributed by atoms with Crippen LogP contribution in [0.25, 0.3) is 16.6 Å². The smallest absolute Gasteiger partial charge is 0.208 e. The second kappa shape index (κ2) is 6.87. The highest BCUT2D eigenvalue weighted by molar-refractivity contribution is 5.80. The van der Waals surface area contributed by atoms with E-state index in [0.717, 1.165) is 28.0 Å². The lowest BCUT2D eigenvalue weighted by molar-refractivity contribution is 0.356. The van der Waals surface area contributed by atoms with E-state index >= 15 is 0 Å². The zero-order valence-corrected chi connectivity index (χ0v) is 15.3. The number of aromatic nitrogens is 4. The van der Waals surface area contributed by atoms with Crippen LogP contribution in [0.15, 0.2) is 49.2 Å². The molecule has 5 rings (SSSR count). The summed E-state index contributed by atoms with van der Waals surface area (Å²) in [4.78, 5) is 12.8. The van der Waals surface area contributed by atoms with Crippen LogP contribution in [0.5, 0.6) is 5.75 Å². The molecule has 0 aliphatic carbocycles. The second-order valence-electron chi connectivity index (χ2n) is 6.64. The molecule has 7 nitrogen and oxygen atoms in total. The maximum absolute atomic E-state index is 14.4. The second-order valence-corrected chi connectivity index (χ2v) is 6.64. The van der Waals surface area contributed by atoms with E-state index in [1.807, 2.05) is 16.5 Å². The van der Waals surface area contributed by atoms with Crippen LogP contribution in [-0.2, 0) is 13.0 Å². The van der Waals surface area contributed by atoms with Gasteiger partial charge in [0, 0.05) is 47.6 Å². The molecule has 1 aromatic carbocycles. The fourth-order valence-electron chi connectivity index (χ4n) is 3.56. The molecular weight excluding hydrogens is 371 g/mol. The highest BCUT2D eigenvalue weighted by Crippen LogP contribution is 2.31. The first kappa shape index (κ1) is 17.1. The van der Waals surface area contributed by atoms with Crippen molar-refractivity contribution in [1.82, 2.24) is 19.4 Å². The molecule has 0 saturated heterocycles. The average Bonchev–Trinajstić information content (AvgIpc) is 3.43. The summed E-state index contributed by atoms with van der Waals surface area (Å²) in [6.45, 7) is 0.861. The van der Waals surface area contributed by atoms with Crippen molar-refractivity contribution in [2.45, 2.75) is 13.0 Å². The summed E-state index contributed by atoms with van der Waals surface area (Å²) < 4.78 is 21.7. The van der Waals surface area contributed by atoms with Crippen molar-refractivity contribution in [1.29, 1.82) is 5.26 Å². The largest absolute Gasteiger partial charge is 0.493 e. The molecule has 8 heteroatoms. The van der Waals surface area contributed by atoms with Crippen LogP contribution in [-0.4, -0.2) is 26.0 Å². The summed E-state index contributed by atoms with van der Waals surface area (Å²) in [5, 5.41) is 12.1. The summed E-state index contributed by atoms with van der Waals surface area (Å²) in [7, 11) is 0. The van der Waals surface area contributed by atoms with E-state index in [-0.39, 0.29) is 12.4 Å². The number of fused-ring (bicyclic) bond motifs is 2. The molecule has 0 spiro atoms. The molecule has 1 aliphatic rings. The molecule has 29 heavy (non-hydrogen) atoms. The topological polar surface area (TPSA) is 88.1 Å². The van der Waals surface area contributed by atoms with Crippen LogP contribution in [0.2, 0.25) is 0 Å². The Hall–Kier alpha value is -3.99. The number of ether oxygens (including phenoxy) is 1. The molecule has 1 aliphatic heterocycles. The van der Waals surface area contributed by atoms with Crippen LogP contribution in [0.1, 0.15) is 16.8 Å². The molecule has 0 atom stereocenters. The zero-order chi connectivity index (χ0) is 19.8. The normalized spacial score (nSPS) is 12.4. The van der Waals surface area contributed by atoms with E-state index in [2.05, 4.69) is 20.3 Å². The van der Waals surface area contributed by atoms with Gasteiger partial charge in [-0.3, -0.25) is 4.40 Å². The number of nitrogens with one attached hydrogen (secondary N) is 1. The van der Waals surface area contributed by atoms with Gasteiger partial charge < -0.3 is 10.1 Å². The van der Waals surface area contributed by atoms with Gasteiger partial charge in [0.05, 0.1) is 18.3 Å². The third-order valence-electron chi connectivity index (χ3n) is 5.01. The third kappa shape index (κ3) is 2.93. The summed E-state index contributed by atoms with van der Waals surface area (Å²) in [5.41, 5.74) is 4.35. The van der Waals surface area contributed by atoms with E-state index in [9.17, 15) is 4.39 Å². The van der Waals surface area contributed by atoms with E-state index < -0.39 is 0 Å². The number of benzene rings is 1. The Morgan fingerprint density at radius 2 is 2.10 bits per heavy atom. The lowest BCUT2D eigenvalue weighted by Gasteiger charge is -2.13. The zero-order valence-electron chi connectivity index (χ0n) is 15.3. The average molecular weight is 386 g/mol. The fourth-order valence-corrected chi connectivity index (χ4v) is 3.56. The third-order valence-corrected chi connectivity index (χ3v) is 5.01. The van der Waals surface area contributed by atoms with Crippen molar-refractivity contribution in [3.8, 4) is 22.9 Å². The first-order valence-electron chi connectivity index (χ1n) is 9.09. The SMILES string of the molecule is N#Cc1ccc(-c2cnc(NCc3c(F)ccc4c3CCO4)n3cncc23)cn1. The molecule has 0 saturated carbocycles. The van der Waals surface area contributed by atoms with Gasteiger partial charge in [0.25, 0.3) is 0 Å². The molecule has 3 aromatic heterocycles. The number of hydrogen-bond donors (Lipinski definition) is 1. The Morgan fingerprint density at radius 1 is 1.17 bits per heavy atom. The van der Waals surface area contributed by atoms with Crippen molar-refractivity contribution in [2.75, 3.05) is 11.9 Å². The van der Waals surface area contributed by atoms with Gasteiger partial charge in [0.2, 0.25) is 5.95 Å². The summed E-state index contributed by atoms with van der Waals surface area (Å²) >= 11 is 0. The Labute approximate surface area is 165 Å². The molecule has 4 aromatic rings. The van der Waals surface area contributed by atoms with Crippen molar-refractivity contribution >= 4 is 11.5 Å². The van der Waals surface area contributed by atoms with E-state index in [1.165, 1.54) is 6.07 Å². The number of nitrogens with zero attached hydrogens (tertiary/aromatic N) is 5. The van der Waals surface area contributed by atoms with Gasteiger partial charge in [-0.1, -0.05) is 0 Å². The van der Waals surface area contributed by atoms with Crippen molar-refractivity contribution in [3.63, 3.8) is 0 Å². The minimum absolute atomic E-state index is 0.260. The first-order valence-corrected chi connectivity index (χ1v) is 9.09. The van der Waals surface area contributed by atoms with Gasteiger partial charge in [0.1, 0.15) is 29.7 Å². The van der Waals surface area contributed by atoms with Gasteiger partial charge in [-0.25, -0.2) is 19.3 Å². The molecule has 0 unspecified atom stereocenters. The minimum atomic E-state index is -0.260. The number of pyridine rings is 1. The number of rotatable bonds is 4. The fraction of sp³-hybridized carbons (Fsp3) is 0.143. The maximum Gasteiger partial charge on any atom is 0.208 e. The van der Waals surface area contributed by atoms with Gasteiger partial charge in [-0.15, -0.1) is 0 Å². The molecule has 0 radical (unpaired) electrons. The standard InChI is InChI=1S/C21H15FN6O/c22-18-3-4-20-15(5-6-29-20)17(18)10-27-21-26-9-16(19-11-24-12-28(19)21)13-1-2-14(7-23)25-8-13/h1-4,8-9,11-12H,5-6,10H2,(H,26,27). The lowest BCUT2D eigenvalue weighted by Crippen LogP contribution is -2.09. The van der Waals surface area contributed by atoms with Crippen molar-refractivity contribution in [2.24, 2.45) is 0 Å². The van der Waals surface area contributed by atoms with Gasteiger partial charge >= 0.3 is 0 Å². The predicted molar refractivity (Wildman–Crippen MR) is 104 cm³/mol. The maximum atomic E-state index is 14.4. The molecule has 1 N–H and O–H groups in total. The Morgan fingerprint density at radius 3 is 2.93 bits per heavy atom. The molecule has 142 valence electrons. The van der Waals surface area contributed by atoms with Gasteiger partial charge in [-0.2, -0.15) is 5.26 Å². The number of hydrogen-bond acceptors (Lipinski definition) is 6. The Balaban J connectivity index is 1.48. The minimum Gasteiger partial charge on any atom is -0.493 e. The molecular formula is C21H15FN6O. The van der Waals surface area contributed by atoms with E-state index in [4.69, 9.17) is 10.00 Å². The van der Waals surface area contributed by atoms with Gasteiger partial charge in [0.15, 0.2) is 0 Å². The predicted octanol–water partition coefficient (Wildman–Crippen LogP) is 3.35. The van der Waals surface area contributed by atoms with Gasteiger partial charge in [-0.05, 0) is 24.3 Å².